The second-order valence-electron chi connectivity index (χ2n) is 3.98. The summed E-state index contributed by atoms with van der Waals surface area (Å²) in [6.45, 7) is 0.629. The van der Waals surface area contributed by atoms with Crippen LogP contribution in [-0.4, -0.2) is 23.2 Å². The molecule has 0 saturated carbocycles. The lowest BCUT2D eigenvalue weighted by molar-refractivity contribution is -0.384. The minimum atomic E-state index is -0.559. The average Bonchev–Trinajstić information content (AvgIpc) is 2.35. The third-order valence-electron chi connectivity index (χ3n) is 2.49. The third-order valence-corrected chi connectivity index (χ3v) is 3.05. The molecule has 1 N–H and O–H groups in total. The highest BCUT2D eigenvalue weighted by atomic mass is 35.5. The molecule has 1 rings (SSSR count). The van der Waals surface area contributed by atoms with Gasteiger partial charge in [0.15, 0.2) is 5.75 Å². The van der Waals surface area contributed by atoms with Gasteiger partial charge < -0.3 is 9.84 Å². The Labute approximate surface area is 121 Å². The normalized spacial score (nSPS) is 10.5. The van der Waals surface area contributed by atoms with Gasteiger partial charge in [-0.1, -0.05) is 29.6 Å². The first-order valence-electron chi connectivity index (χ1n) is 5.93. The second-order valence-corrected chi connectivity index (χ2v) is 4.80. The standard InChI is InChI=1S/C12H15Cl2NO4/c13-10-7-9(15(17)18)8-11(14)12(10)19-6-4-2-1-3-5-16/h7-8,16H,1-6H2. The molecule has 0 saturated heterocycles. The SMILES string of the molecule is O=[N+]([O-])c1cc(Cl)c(OCCCCCCO)c(Cl)c1. The van der Waals surface area contributed by atoms with Gasteiger partial charge in [0.05, 0.1) is 21.6 Å². The Morgan fingerprint density at radius 1 is 1.16 bits per heavy atom. The van der Waals surface area contributed by atoms with Crippen LogP contribution in [0.3, 0.4) is 0 Å². The lowest BCUT2D eigenvalue weighted by Gasteiger charge is -2.09. The van der Waals surface area contributed by atoms with Gasteiger partial charge in [-0.2, -0.15) is 0 Å². The summed E-state index contributed by atoms with van der Waals surface area (Å²) >= 11 is 11.8. The zero-order valence-corrected chi connectivity index (χ0v) is 11.8. The van der Waals surface area contributed by atoms with E-state index in [0.717, 1.165) is 25.7 Å². The topological polar surface area (TPSA) is 72.6 Å². The molecule has 7 heteroatoms. The number of hydrogen-bond donors (Lipinski definition) is 1. The van der Waals surface area contributed by atoms with Crippen molar-refractivity contribution in [1.29, 1.82) is 0 Å². The van der Waals surface area contributed by atoms with Crippen LogP contribution in [0.5, 0.6) is 5.75 Å². The van der Waals surface area contributed by atoms with Crippen LogP contribution < -0.4 is 4.74 Å². The van der Waals surface area contributed by atoms with E-state index in [1.54, 1.807) is 0 Å². The number of aliphatic hydroxyl groups excluding tert-OH is 1. The van der Waals surface area contributed by atoms with Crippen LogP contribution in [0, 0.1) is 10.1 Å². The van der Waals surface area contributed by atoms with Gasteiger partial charge in [0.1, 0.15) is 0 Å². The van der Waals surface area contributed by atoms with Gasteiger partial charge in [-0.15, -0.1) is 0 Å². The van der Waals surface area contributed by atoms with E-state index in [2.05, 4.69) is 0 Å². The maximum Gasteiger partial charge on any atom is 0.272 e. The quantitative estimate of drug-likeness (QED) is 0.450. The van der Waals surface area contributed by atoms with Gasteiger partial charge in [-0.3, -0.25) is 10.1 Å². The first-order chi connectivity index (χ1) is 9.06. The first kappa shape index (κ1) is 16.0. The molecule has 0 aromatic heterocycles. The van der Waals surface area contributed by atoms with Crippen molar-refractivity contribution >= 4 is 28.9 Å². The Morgan fingerprint density at radius 2 is 1.74 bits per heavy atom. The Bertz CT molecular complexity index is 417. The molecule has 0 aliphatic carbocycles. The van der Waals surface area contributed by atoms with Crippen molar-refractivity contribution in [2.24, 2.45) is 0 Å². The molecule has 0 unspecified atom stereocenters. The summed E-state index contributed by atoms with van der Waals surface area (Å²) in [5.74, 6) is 0.274. The van der Waals surface area contributed by atoms with Crippen molar-refractivity contribution in [3.8, 4) is 5.75 Å². The molecule has 0 spiro atoms. The number of nitrogens with zero attached hydrogens (tertiary/aromatic N) is 1. The molecule has 0 atom stereocenters. The summed E-state index contributed by atoms with van der Waals surface area (Å²) in [4.78, 5) is 10.0. The molecule has 0 bridgehead atoms. The molecule has 0 heterocycles. The number of hydrogen-bond acceptors (Lipinski definition) is 4. The van der Waals surface area contributed by atoms with Gasteiger partial charge in [0, 0.05) is 18.7 Å². The van der Waals surface area contributed by atoms with E-state index in [9.17, 15) is 10.1 Å². The largest absolute Gasteiger partial charge is 0.490 e. The Kier molecular flexibility index (Phi) is 6.91. The summed E-state index contributed by atoms with van der Waals surface area (Å²) in [6.07, 6.45) is 3.45. The highest BCUT2D eigenvalue weighted by Gasteiger charge is 2.15. The zero-order valence-electron chi connectivity index (χ0n) is 10.3. The predicted molar refractivity (Wildman–Crippen MR) is 74.2 cm³/mol. The fourth-order valence-electron chi connectivity index (χ4n) is 1.53. The van der Waals surface area contributed by atoms with E-state index >= 15 is 0 Å². The van der Waals surface area contributed by atoms with Crippen molar-refractivity contribution in [3.63, 3.8) is 0 Å². The highest BCUT2D eigenvalue weighted by Crippen LogP contribution is 2.36. The fraction of sp³-hybridized carbons (Fsp3) is 0.500. The van der Waals surface area contributed by atoms with Gasteiger partial charge in [0.2, 0.25) is 0 Å². The van der Waals surface area contributed by atoms with Crippen LogP contribution in [0.4, 0.5) is 5.69 Å². The summed E-state index contributed by atoms with van der Waals surface area (Å²) in [7, 11) is 0. The molecule has 0 aliphatic heterocycles. The van der Waals surface area contributed by atoms with Crippen molar-refractivity contribution in [2.45, 2.75) is 25.7 Å². The van der Waals surface area contributed by atoms with Crippen molar-refractivity contribution < 1.29 is 14.8 Å². The van der Waals surface area contributed by atoms with Crippen LogP contribution in [0.2, 0.25) is 10.0 Å². The van der Waals surface area contributed by atoms with Crippen molar-refractivity contribution in [2.75, 3.05) is 13.2 Å². The minimum absolute atomic E-state index is 0.134. The maximum absolute atomic E-state index is 10.6. The second kappa shape index (κ2) is 8.19. The molecule has 0 aliphatic rings. The number of benzene rings is 1. The van der Waals surface area contributed by atoms with Crippen LogP contribution in [0.15, 0.2) is 12.1 Å². The summed E-state index contributed by atoms with van der Waals surface area (Å²) in [6, 6.07) is 2.43. The number of non-ortho nitro benzene ring substituents is 1. The van der Waals surface area contributed by atoms with E-state index in [1.807, 2.05) is 0 Å². The van der Waals surface area contributed by atoms with Crippen molar-refractivity contribution in [3.05, 3.63) is 32.3 Å². The van der Waals surface area contributed by atoms with E-state index in [-0.39, 0.29) is 28.1 Å². The van der Waals surface area contributed by atoms with E-state index in [0.29, 0.717) is 6.61 Å². The number of nitro benzene ring substituents is 1. The molecular formula is C12H15Cl2NO4. The lowest BCUT2D eigenvalue weighted by Crippen LogP contribution is -1.99. The van der Waals surface area contributed by atoms with Crippen LogP contribution >= 0.6 is 23.2 Å². The van der Waals surface area contributed by atoms with Gasteiger partial charge in [-0.05, 0) is 19.3 Å². The van der Waals surface area contributed by atoms with Crippen LogP contribution in [0.25, 0.3) is 0 Å². The number of unbranched alkanes of at least 4 members (excludes halogenated alkanes) is 3. The van der Waals surface area contributed by atoms with Crippen LogP contribution in [0.1, 0.15) is 25.7 Å². The lowest BCUT2D eigenvalue weighted by atomic mass is 10.2. The molecule has 19 heavy (non-hydrogen) atoms. The number of nitro groups is 1. The van der Waals surface area contributed by atoms with Crippen LogP contribution in [-0.2, 0) is 0 Å². The monoisotopic (exact) mass is 307 g/mol. The molecular weight excluding hydrogens is 293 g/mol. The number of ether oxygens (including phenoxy) is 1. The Balaban J connectivity index is 2.52. The number of halogens is 2. The van der Waals surface area contributed by atoms with Gasteiger partial charge in [0.25, 0.3) is 5.69 Å². The summed E-state index contributed by atoms with van der Waals surface area (Å²) in [5, 5.41) is 19.5. The molecule has 1 aromatic carbocycles. The Morgan fingerprint density at radius 3 is 2.26 bits per heavy atom. The van der Waals surface area contributed by atoms with E-state index < -0.39 is 4.92 Å². The molecule has 5 nitrogen and oxygen atoms in total. The molecule has 1 aromatic rings. The van der Waals surface area contributed by atoms with E-state index in [4.69, 9.17) is 33.0 Å². The average molecular weight is 308 g/mol. The predicted octanol–water partition coefficient (Wildman–Crippen LogP) is 3.83. The molecule has 0 amide bonds. The third kappa shape index (κ3) is 5.22. The summed E-state index contributed by atoms with van der Waals surface area (Å²) < 4.78 is 5.43. The zero-order chi connectivity index (χ0) is 14.3. The maximum atomic E-state index is 10.6. The van der Waals surface area contributed by atoms with Gasteiger partial charge >= 0.3 is 0 Å². The number of rotatable bonds is 8. The van der Waals surface area contributed by atoms with E-state index in [1.165, 1.54) is 12.1 Å². The minimum Gasteiger partial charge on any atom is -0.490 e. The van der Waals surface area contributed by atoms with Gasteiger partial charge in [-0.25, -0.2) is 0 Å². The highest BCUT2D eigenvalue weighted by molar-refractivity contribution is 6.37. The molecule has 0 fully saturated rings. The first-order valence-corrected chi connectivity index (χ1v) is 6.69. The molecule has 0 radical (unpaired) electrons. The smallest absolute Gasteiger partial charge is 0.272 e. The molecule has 106 valence electrons. The fourth-order valence-corrected chi connectivity index (χ4v) is 2.12. The summed E-state index contributed by atoms with van der Waals surface area (Å²) in [5.41, 5.74) is -0.162. The Hall–Kier alpha value is -1.04. The number of aliphatic hydroxyl groups is 1. The van der Waals surface area contributed by atoms with Crippen molar-refractivity contribution in [1.82, 2.24) is 0 Å².